The molecule has 0 aliphatic heterocycles. The molecule has 1 fully saturated rings. The molecule has 1 aromatic heterocycles. The quantitative estimate of drug-likeness (QED) is 0.287. The first-order chi connectivity index (χ1) is 19.0. The summed E-state index contributed by atoms with van der Waals surface area (Å²) in [6, 6.07) is 13.6. The van der Waals surface area contributed by atoms with Crippen molar-refractivity contribution in [2.24, 2.45) is 5.92 Å². The fourth-order valence-electron chi connectivity index (χ4n) is 3.74. The van der Waals surface area contributed by atoms with Crippen molar-refractivity contribution in [2.75, 3.05) is 6.61 Å². The largest absolute Gasteiger partial charge is 0.489 e. The van der Waals surface area contributed by atoms with E-state index in [0.29, 0.717) is 18.1 Å². The molecule has 2 N–H and O–H groups in total. The minimum atomic E-state index is -3.03. The van der Waals surface area contributed by atoms with Gasteiger partial charge in [0, 0.05) is 17.6 Å². The van der Waals surface area contributed by atoms with E-state index in [-0.39, 0.29) is 35.4 Å². The minimum absolute atomic E-state index is 0.0198. The molecule has 1 saturated carbocycles. The van der Waals surface area contributed by atoms with E-state index in [1.807, 2.05) is 30.3 Å². The molecular weight excluding hydrogens is 524 g/mol. The fraction of sp³-hybridized carbons (Fsp3) is 0.414. The Morgan fingerprint density at radius 3 is 2.48 bits per heavy atom. The van der Waals surface area contributed by atoms with Crippen LogP contribution in [-0.2, 0) is 11.3 Å². The van der Waals surface area contributed by atoms with E-state index in [2.05, 4.69) is 20.4 Å². The SMILES string of the molecule is C[C@H](OC(=O)NC(C)(C)C)c1oc(-c2ccc(OC(F)F)c(OCC3CC3)c2)nc1C(=O)NCc1ccccc1. The molecule has 2 amide bonds. The third-order valence-electron chi connectivity index (χ3n) is 5.87. The molecule has 1 atom stereocenters. The number of nitrogens with zero attached hydrogens (tertiary/aromatic N) is 1. The van der Waals surface area contributed by atoms with E-state index in [1.165, 1.54) is 18.2 Å². The third kappa shape index (κ3) is 8.17. The first kappa shape index (κ1) is 28.8. The number of oxazole rings is 1. The molecule has 0 radical (unpaired) electrons. The van der Waals surface area contributed by atoms with Crippen molar-refractivity contribution in [1.82, 2.24) is 15.6 Å². The second kappa shape index (κ2) is 12.4. The lowest BCUT2D eigenvalue weighted by atomic mass is 10.1. The van der Waals surface area contributed by atoms with E-state index in [0.717, 1.165) is 18.4 Å². The number of carbonyl (C=O) groups excluding carboxylic acids is 2. The molecule has 1 aliphatic rings. The number of amides is 2. The molecule has 9 nitrogen and oxygen atoms in total. The van der Waals surface area contributed by atoms with Gasteiger partial charge in [-0.25, -0.2) is 9.78 Å². The van der Waals surface area contributed by atoms with Gasteiger partial charge in [0.2, 0.25) is 5.89 Å². The molecule has 4 rings (SSSR count). The van der Waals surface area contributed by atoms with Crippen LogP contribution in [-0.4, -0.2) is 35.7 Å². The summed E-state index contributed by atoms with van der Waals surface area (Å²) in [6.45, 7) is 4.54. The van der Waals surface area contributed by atoms with Crippen molar-refractivity contribution in [2.45, 2.75) is 65.3 Å². The third-order valence-corrected chi connectivity index (χ3v) is 5.87. The van der Waals surface area contributed by atoms with Crippen molar-refractivity contribution in [3.63, 3.8) is 0 Å². The summed E-state index contributed by atoms with van der Waals surface area (Å²) >= 11 is 0. The second-order valence-electron chi connectivity index (χ2n) is 10.6. The van der Waals surface area contributed by atoms with E-state index in [1.54, 1.807) is 27.7 Å². The van der Waals surface area contributed by atoms with Crippen LogP contribution in [0.25, 0.3) is 11.5 Å². The Bertz CT molecular complexity index is 1320. The molecule has 11 heteroatoms. The Labute approximate surface area is 231 Å². The van der Waals surface area contributed by atoms with Crippen LogP contribution in [0.4, 0.5) is 13.6 Å². The highest BCUT2D eigenvalue weighted by Gasteiger charge is 2.29. The molecule has 214 valence electrons. The Hall–Kier alpha value is -4.15. The van der Waals surface area contributed by atoms with Gasteiger partial charge in [-0.15, -0.1) is 0 Å². The highest BCUT2D eigenvalue weighted by molar-refractivity contribution is 5.94. The zero-order valence-corrected chi connectivity index (χ0v) is 22.8. The molecule has 0 saturated heterocycles. The van der Waals surface area contributed by atoms with Crippen LogP contribution in [0.5, 0.6) is 11.5 Å². The number of carbonyl (C=O) groups is 2. The van der Waals surface area contributed by atoms with Crippen LogP contribution in [0.15, 0.2) is 52.9 Å². The monoisotopic (exact) mass is 557 g/mol. The topological polar surface area (TPSA) is 112 Å². The predicted molar refractivity (Wildman–Crippen MR) is 142 cm³/mol. The Balaban J connectivity index is 1.63. The number of ether oxygens (including phenoxy) is 3. The van der Waals surface area contributed by atoms with E-state index in [4.69, 9.17) is 13.9 Å². The highest BCUT2D eigenvalue weighted by Crippen LogP contribution is 2.37. The van der Waals surface area contributed by atoms with Crippen LogP contribution in [0.1, 0.15) is 68.5 Å². The number of alkyl carbamates (subject to hydrolysis) is 1. The lowest BCUT2D eigenvalue weighted by molar-refractivity contribution is -0.0515. The van der Waals surface area contributed by atoms with Crippen LogP contribution in [0.3, 0.4) is 0 Å². The summed E-state index contributed by atoms with van der Waals surface area (Å²) in [5.41, 5.74) is 0.623. The van der Waals surface area contributed by atoms with Gasteiger partial charge in [0.1, 0.15) is 0 Å². The summed E-state index contributed by atoms with van der Waals surface area (Å²) in [7, 11) is 0. The van der Waals surface area contributed by atoms with Crippen LogP contribution >= 0.6 is 0 Å². The van der Waals surface area contributed by atoms with E-state index in [9.17, 15) is 18.4 Å². The van der Waals surface area contributed by atoms with Gasteiger partial charge < -0.3 is 29.3 Å². The average molecular weight is 558 g/mol. The zero-order chi connectivity index (χ0) is 28.9. The number of aromatic nitrogens is 1. The van der Waals surface area contributed by atoms with Gasteiger partial charge in [0.25, 0.3) is 5.91 Å². The molecule has 0 spiro atoms. The van der Waals surface area contributed by atoms with E-state index >= 15 is 0 Å². The van der Waals surface area contributed by atoms with Crippen molar-refractivity contribution in [1.29, 1.82) is 0 Å². The molecule has 2 aromatic carbocycles. The predicted octanol–water partition coefficient (Wildman–Crippen LogP) is 6.25. The summed E-state index contributed by atoms with van der Waals surface area (Å²) in [5.74, 6) is -0.141. The average Bonchev–Trinajstić information content (AvgIpc) is 3.61. The van der Waals surface area contributed by atoms with Crippen molar-refractivity contribution < 1.29 is 37.0 Å². The zero-order valence-electron chi connectivity index (χ0n) is 22.8. The Kier molecular flexibility index (Phi) is 8.91. The first-order valence-electron chi connectivity index (χ1n) is 13.0. The van der Waals surface area contributed by atoms with E-state index < -0.39 is 30.3 Å². The standard InChI is InChI=1S/C29H33F2N3O6/c1-17(38-28(36)34-29(2,3)4)24-23(25(35)32-15-18-8-6-5-7-9-18)33-26(40-24)20-12-13-21(39-27(30)31)22(14-20)37-16-19-10-11-19/h5-9,12-14,17,19,27H,10-11,15-16H2,1-4H3,(H,32,35)(H,34,36)/t17-/m0/s1. The van der Waals surface area contributed by atoms with Crippen LogP contribution in [0, 0.1) is 5.92 Å². The number of hydrogen-bond acceptors (Lipinski definition) is 7. The molecule has 1 aliphatic carbocycles. The van der Waals surface area contributed by atoms with Gasteiger partial charge in [-0.1, -0.05) is 30.3 Å². The molecule has 0 unspecified atom stereocenters. The van der Waals surface area contributed by atoms with Gasteiger partial charge in [-0.05, 0) is 70.2 Å². The Morgan fingerprint density at radius 2 is 1.82 bits per heavy atom. The van der Waals surface area contributed by atoms with Gasteiger partial charge in [-0.2, -0.15) is 8.78 Å². The molecule has 40 heavy (non-hydrogen) atoms. The molecular formula is C29H33F2N3O6. The minimum Gasteiger partial charge on any atom is -0.489 e. The smallest absolute Gasteiger partial charge is 0.408 e. The van der Waals surface area contributed by atoms with Gasteiger partial charge in [0.15, 0.2) is 29.1 Å². The number of hydrogen-bond donors (Lipinski definition) is 2. The maximum absolute atomic E-state index is 13.2. The highest BCUT2D eigenvalue weighted by atomic mass is 19.3. The molecule has 1 heterocycles. The maximum Gasteiger partial charge on any atom is 0.408 e. The van der Waals surface area contributed by atoms with Gasteiger partial charge in [0.05, 0.1) is 6.61 Å². The van der Waals surface area contributed by atoms with Crippen molar-refractivity contribution in [3.05, 3.63) is 65.5 Å². The number of rotatable bonds is 11. The number of alkyl halides is 2. The van der Waals surface area contributed by atoms with Crippen molar-refractivity contribution in [3.8, 4) is 23.0 Å². The first-order valence-corrected chi connectivity index (χ1v) is 13.0. The van der Waals surface area contributed by atoms with Crippen molar-refractivity contribution >= 4 is 12.0 Å². The lowest BCUT2D eigenvalue weighted by Crippen LogP contribution is -2.41. The summed E-state index contributed by atoms with van der Waals surface area (Å²) < 4.78 is 47.8. The number of nitrogens with one attached hydrogen (secondary N) is 2. The van der Waals surface area contributed by atoms with Gasteiger partial charge in [-0.3, -0.25) is 4.79 Å². The van der Waals surface area contributed by atoms with Gasteiger partial charge >= 0.3 is 12.7 Å². The normalized spacial score (nSPS) is 14.0. The molecule has 0 bridgehead atoms. The lowest BCUT2D eigenvalue weighted by Gasteiger charge is -2.21. The number of benzene rings is 2. The van der Waals surface area contributed by atoms with Crippen LogP contribution in [0.2, 0.25) is 0 Å². The van der Waals surface area contributed by atoms with Crippen LogP contribution < -0.4 is 20.1 Å². The Morgan fingerprint density at radius 1 is 1.10 bits per heavy atom. The molecule has 3 aromatic rings. The fourth-order valence-corrected chi connectivity index (χ4v) is 3.74. The summed E-state index contributed by atoms with van der Waals surface area (Å²) in [5, 5.41) is 5.50. The maximum atomic E-state index is 13.2. The summed E-state index contributed by atoms with van der Waals surface area (Å²) in [4.78, 5) is 30.0. The number of halogens is 2. The second-order valence-corrected chi connectivity index (χ2v) is 10.6. The summed E-state index contributed by atoms with van der Waals surface area (Å²) in [6.07, 6.45) is 0.345.